The van der Waals surface area contributed by atoms with Gasteiger partial charge in [0.1, 0.15) is 0 Å². The molecule has 1 saturated carbocycles. The second-order valence-electron chi connectivity index (χ2n) is 7.73. The summed E-state index contributed by atoms with van der Waals surface area (Å²) >= 11 is 0. The number of carbonyl (C=O) groups excluding carboxylic acids is 1. The van der Waals surface area contributed by atoms with Crippen LogP contribution in [-0.4, -0.2) is 34.3 Å². The normalized spacial score (nSPS) is 22.9. The number of benzene rings is 1. The van der Waals surface area contributed by atoms with E-state index in [9.17, 15) is 18.0 Å². The molecular formula is C20H23F3N4O. The van der Waals surface area contributed by atoms with E-state index in [1.165, 1.54) is 16.9 Å². The van der Waals surface area contributed by atoms with Crippen molar-refractivity contribution in [2.45, 2.75) is 56.8 Å². The van der Waals surface area contributed by atoms with Crippen LogP contribution in [0.1, 0.15) is 60.1 Å². The topological polar surface area (TPSA) is 59.0 Å². The summed E-state index contributed by atoms with van der Waals surface area (Å²) in [4.78, 5) is 12.9. The number of nitrogens with one attached hydrogen (secondary N) is 2. The van der Waals surface area contributed by atoms with Gasteiger partial charge in [-0.15, -0.1) is 0 Å². The van der Waals surface area contributed by atoms with Gasteiger partial charge in [-0.25, -0.2) is 4.68 Å². The van der Waals surface area contributed by atoms with Gasteiger partial charge >= 0.3 is 6.18 Å². The molecule has 1 aliphatic carbocycles. The monoisotopic (exact) mass is 392 g/mol. The van der Waals surface area contributed by atoms with Gasteiger partial charge in [-0.2, -0.15) is 18.3 Å². The Morgan fingerprint density at radius 2 is 2.07 bits per heavy atom. The van der Waals surface area contributed by atoms with Crippen molar-refractivity contribution in [2.75, 3.05) is 6.54 Å². The number of halogens is 3. The van der Waals surface area contributed by atoms with Crippen LogP contribution < -0.4 is 10.6 Å². The third-order valence-corrected chi connectivity index (χ3v) is 5.39. The third-order valence-electron chi connectivity index (χ3n) is 5.39. The summed E-state index contributed by atoms with van der Waals surface area (Å²) in [5, 5.41) is 10.7. The first-order chi connectivity index (χ1) is 13.3. The van der Waals surface area contributed by atoms with E-state index in [1.807, 2.05) is 0 Å². The molecule has 8 heteroatoms. The molecule has 1 saturated heterocycles. The van der Waals surface area contributed by atoms with Crippen molar-refractivity contribution >= 4 is 5.91 Å². The van der Waals surface area contributed by atoms with Gasteiger partial charge in [-0.05, 0) is 57.4 Å². The molecule has 0 radical (unpaired) electrons. The molecule has 2 fully saturated rings. The van der Waals surface area contributed by atoms with Crippen molar-refractivity contribution in [1.82, 2.24) is 20.4 Å². The van der Waals surface area contributed by atoms with Crippen molar-refractivity contribution in [3.05, 3.63) is 47.3 Å². The first kappa shape index (κ1) is 19.0. The van der Waals surface area contributed by atoms with E-state index in [2.05, 4.69) is 22.7 Å². The summed E-state index contributed by atoms with van der Waals surface area (Å²) in [6, 6.07) is 5.50. The molecule has 2 atom stereocenters. The van der Waals surface area contributed by atoms with Gasteiger partial charge in [0.25, 0.3) is 5.91 Å². The van der Waals surface area contributed by atoms with Crippen LogP contribution in [0.5, 0.6) is 0 Å². The number of amides is 1. The summed E-state index contributed by atoms with van der Waals surface area (Å²) in [7, 11) is 0. The van der Waals surface area contributed by atoms with Gasteiger partial charge in [-0.3, -0.25) is 4.79 Å². The quantitative estimate of drug-likeness (QED) is 0.835. The lowest BCUT2D eigenvalue weighted by Crippen LogP contribution is -2.46. The van der Waals surface area contributed by atoms with Crippen LogP contribution in [0.2, 0.25) is 0 Å². The number of piperidine rings is 1. The van der Waals surface area contributed by atoms with Crippen LogP contribution >= 0.6 is 0 Å². The van der Waals surface area contributed by atoms with E-state index in [0.717, 1.165) is 44.4 Å². The zero-order valence-corrected chi connectivity index (χ0v) is 15.6. The number of rotatable bonds is 4. The van der Waals surface area contributed by atoms with Gasteiger partial charge in [0, 0.05) is 18.0 Å². The number of carbonyl (C=O) groups is 1. The Morgan fingerprint density at radius 3 is 2.75 bits per heavy atom. The molecular weight excluding hydrogens is 369 g/mol. The van der Waals surface area contributed by atoms with Crippen LogP contribution in [0.4, 0.5) is 13.2 Å². The van der Waals surface area contributed by atoms with Gasteiger partial charge < -0.3 is 10.6 Å². The minimum Gasteiger partial charge on any atom is -0.349 e. The molecule has 1 aromatic heterocycles. The summed E-state index contributed by atoms with van der Waals surface area (Å²) in [5.74, 6) is -0.0380. The van der Waals surface area contributed by atoms with Gasteiger partial charge in [0.2, 0.25) is 0 Å². The fourth-order valence-corrected chi connectivity index (χ4v) is 3.83. The summed E-state index contributed by atoms with van der Waals surface area (Å²) in [6.45, 7) is 2.94. The smallest absolute Gasteiger partial charge is 0.349 e. The first-order valence-corrected chi connectivity index (χ1v) is 9.62. The van der Waals surface area contributed by atoms with Crippen molar-refractivity contribution in [1.29, 1.82) is 0 Å². The highest BCUT2D eigenvalue weighted by atomic mass is 19.4. The fraction of sp³-hybridized carbons (Fsp3) is 0.500. The average Bonchev–Trinajstić information content (AvgIpc) is 3.39. The molecule has 0 bridgehead atoms. The fourth-order valence-electron chi connectivity index (χ4n) is 3.83. The van der Waals surface area contributed by atoms with Crippen LogP contribution in [0.25, 0.3) is 5.69 Å². The summed E-state index contributed by atoms with van der Waals surface area (Å²) in [5.41, 5.74) is 0.771. The Balaban J connectivity index is 1.63. The Kier molecular flexibility index (Phi) is 4.91. The highest BCUT2D eigenvalue weighted by molar-refractivity contribution is 5.95. The highest BCUT2D eigenvalue weighted by Gasteiger charge is 2.35. The molecule has 1 amide bonds. The van der Waals surface area contributed by atoms with E-state index in [0.29, 0.717) is 23.0 Å². The predicted octanol–water partition coefficient (Wildman–Crippen LogP) is 3.64. The molecule has 1 aliphatic heterocycles. The van der Waals surface area contributed by atoms with E-state index < -0.39 is 11.7 Å². The van der Waals surface area contributed by atoms with Crippen LogP contribution in [-0.2, 0) is 6.18 Å². The SMILES string of the molecule is CC1CC(NC(=O)c2cnn(-c3cccc(C(F)(F)F)c3)c2C2CC2)CCN1. The molecule has 28 heavy (non-hydrogen) atoms. The van der Waals surface area contributed by atoms with Crippen molar-refractivity contribution in [3.63, 3.8) is 0 Å². The lowest BCUT2D eigenvalue weighted by atomic mass is 10.00. The van der Waals surface area contributed by atoms with Gasteiger partial charge in [-0.1, -0.05) is 6.07 Å². The maximum atomic E-state index is 13.1. The lowest BCUT2D eigenvalue weighted by molar-refractivity contribution is -0.137. The molecule has 2 unspecified atom stereocenters. The average molecular weight is 392 g/mol. The molecule has 5 nitrogen and oxygen atoms in total. The van der Waals surface area contributed by atoms with Crippen LogP contribution in [0.15, 0.2) is 30.5 Å². The maximum absolute atomic E-state index is 13.1. The molecule has 2 aromatic rings. The Morgan fingerprint density at radius 1 is 1.29 bits per heavy atom. The van der Waals surface area contributed by atoms with Gasteiger partial charge in [0.15, 0.2) is 0 Å². The number of aromatic nitrogens is 2. The summed E-state index contributed by atoms with van der Waals surface area (Å²) in [6.07, 6.45) is 0.593. The summed E-state index contributed by atoms with van der Waals surface area (Å²) < 4.78 is 40.7. The largest absolute Gasteiger partial charge is 0.416 e. The molecule has 2 heterocycles. The number of alkyl halides is 3. The zero-order chi connectivity index (χ0) is 19.9. The number of nitrogens with zero attached hydrogens (tertiary/aromatic N) is 2. The molecule has 1 aromatic carbocycles. The number of hydrogen-bond donors (Lipinski definition) is 2. The zero-order valence-electron chi connectivity index (χ0n) is 15.6. The Bertz CT molecular complexity index is 873. The molecule has 150 valence electrons. The molecule has 2 N–H and O–H groups in total. The van der Waals surface area contributed by atoms with E-state index in [1.54, 1.807) is 6.07 Å². The second kappa shape index (κ2) is 7.24. The van der Waals surface area contributed by atoms with Gasteiger partial charge in [0.05, 0.1) is 28.7 Å². The molecule has 4 rings (SSSR count). The van der Waals surface area contributed by atoms with Crippen LogP contribution in [0.3, 0.4) is 0 Å². The highest BCUT2D eigenvalue weighted by Crippen LogP contribution is 2.43. The van der Waals surface area contributed by atoms with Crippen LogP contribution in [0, 0.1) is 0 Å². The third kappa shape index (κ3) is 3.92. The predicted molar refractivity (Wildman–Crippen MR) is 98.5 cm³/mol. The van der Waals surface area contributed by atoms with E-state index in [-0.39, 0.29) is 17.9 Å². The van der Waals surface area contributed by atoms with Crippen molar-refractivity contribution < 1.29 is 18.0 Å². The standard InChI is InChI=1S/C20H23F3N4O/c1-12-9-15(7-8-24-12)26-19(28)17-11-25-27(18(17)13-5-6-13)16-4-2-3-14(10-16)20(21,22)23/h2-4,10-13,15,24H,5-9H2,1H3,(H,26,28). The second-order valence-corrected chi connectivity index (χ2v) is 7.73. The lowest BCUT2D eigenvalue weighted by Gasteiger charge is -2.28. The number of hydrogen-bond acceptors (Lipinski definition) is 3. The van der Waals surface area contributed by atoms with E-state index in [4.69, 9.17) is 0 Å². The van der Waals surface area contributed by atoms with E-state index >= 15 is 0 Å². The van der Waals surface area contributed by atoms with Crippen molar-refractivity contribution in [2.24, 2.45) is 0 Å². The molecule has 0 spiro atoms. The van der Waals surface area contributed by atoms with Crippen molar-refractivity contribution in [3.8, 4) is 5.69 Å². The first-order valence-electron chi connectivity index (χ1n) is 9.62. The maximum Gasteiger partial charge on any atom is 0.416 e. The minimum absolute atomic E-state index is 0.0905. The Labute approximate surface area is 161 Å². The Hall–Kier alpha value is -2.35. The minimum atomic E-state index is -4.42. The molecule has 2 aliphatic rings.